The highest BCUT2D eigenvalue weighted by molar-refractivity contribution is 6.03. The predicted molar refractivity (Wildman–Crippen MR) is 113 cm³/mol. The fourth-order valence-electron chi connectivity index (χ4n) is 3.10. The quantitative estimate of drug-likeness (QED) is 0.748. The lowest BCUT2D eigenvalue weighted by molar-refractivity contribution is -0.121. The van der Waals surface area contributed by atoms with Gasteiger partial charge in [-0.25, -0.2) is 0 Å². The molecule has 0 atom stereocenters. The topological polar surface area (TPSA) is 58.6 Å². The second-order valence-electron chi connectivity index (χ2n) is 7.16. The average Bonchev–Trinajstić information content (AvgIpc) is 2.69. The highest BCUT2D eigenvalue weighted by atomic mass is 16.5. The zero-order valence-corrected chi connectivity index (χ0v) is 16.6. The summed E-state index contributed by atoms with van der Waals surface area (Å²) < 4.78 is 5.49. The molecule has 0 saturated carbocycles. The zero-order chi connectivity index (χ0) is 20.1. The Hall–Kier alpha value is -3.08. The van der Waals surface area contributed by atoms with Gasteiger partial charge in [0.1, 0.15) is 5.75 Å². The minimum atomic E-state index is -0.224. The van der Waals surface area contributed by atoms with Crippen LogP contribution in [0.4, 0.5) is 11.4 Å². The third-order valence-electron chi connectivity index (χ3n) is 4.65. The number of ether oxygens (including phenoxy) is 1. The fourth-order valence-corrected chi connectivity index (χ4v) is 3.10. The predicted octanol–water partition coefficient (Wildman–Crippen LogP) is 4.60. The van der Waals surface area contributed by atoms with E-state index in [9.17, 15) is 9.59 Å². The fraction of sp³-hybridized carbons (Fsp3) is 0.304. The summed E-state index contributed by atoms with van der Waals surface area (Å²) in [6.07, 6.45) is 4.14. The van der Waals surface area contributed by atoms with E-state index in [1.54, 1.807) is 29.2 Å². The molecule has 2 aromatic carbocycles. The molecule has 0 saturated heterocycles. The Kier molecular flexibility index (Phi) is 6.14. The van der Waals surface area contributed by atoms with Gasteiger partial charge in [0.15, 0.2) is 6.61 Å². The molecule has 0 spiro atoms. The van der Waals surface area contributed by atoms with Crippen molar-refractivity contribution in [1.29, 1.82) is 0 Å². The molecule has 2 amide bonds. The number of nitrogens with zero attached hydrogens (tertiary/aromatic N) is 1. The molecule has 1 heterocycles. The van der Waals surface area contributed by atoms with Crippen LogP contribution in [0.3, 0.4) is 0 Å². The lowest BCUT2D eigenvalue weighted by Gasteiger charge is -2.29. The normalized spacial score (nSPS) is 13.6. The van der Waals surface area contributed by atoms with Gasteiger partial charge < -0.3 is 15.0 Å². The average molecular weight is 378 g/mol. The molecule has 1 aliphatic heterocycles. The lowest BCUT2D eigenvalue weighted by atomic mass is 10.0. The molecule has 0 aromatic heterocycles. The Bertz CT molecular complexity index is 885. The largest absolute Gasteiger partial charge is 0.482 e. The lowest BCUT2D eigenvalue weighted by Crippen LogP contribution is -2.39. The van der Waals surface area contributed by atoms with Gasteiger partial charge in [0, 0.05) is 18.3 Å². The maximum Gasteiger partial charge on any atom is 0.265 e. The van der Waals surface area contributed by atoms with Crippen molar-refractivity contribution in [1.82, 2.24) is 0 Å². The molecule has 5 heteroatoms. The van der Waals surface area contributed by atoms with E-state index in [4.69, 9.17) is 4.74 Å². The van der Waals surface area contributed by atoms with Crippen LogP contribution in [0.25, 0.3) is 6.08 Å². The number of carbonyl (C=O) groups is 2. The first-order valence-electron chi connectivity index (χ1n) is 9.64. The van der Waals surface area contributed by atoms with Crippen LogP contribution in [-0.4, -0.2) is 25.0 Å². The van der Waals surface area contributed by atoms with Crippen molar-refractivity contribution in [3.63, 3.8) is 0 Å². The van der Waals surface area contributed by atoms with E-state index in [0.29, 0.717) is 29.6 Å². The summed E-state index contributed by atoms with van der Waals surface area (Å²) in [6.45, 7) is 7.00. The molecule has 1 aliphatic rings. The van der Waals surface area contributed by atoms with E-state index >= 15 is 0 Å². The zero-order valence-electron chi connectivity index (χ0n) is 16.6. The summed E-state index contributed by atoms with van der Waals surface area (Å²) in [6, 6.07) is 13.5. The van der Waals surface area contributed by atoms with Crippen molar-refractivity contribution < 1.29 is 14.3 Å². The molecule has 5 nitrogen and oxygen atoms in total. The summed E-state index contributed by atoms with van der Waals surface area (Å²) in [4.78, 5) is 26.1. The minimum Gasteiger partial charge on any atom is -0.482 e. The molecule has 3 rings (SSSR count). The van der Waals surface area contributed by atoms with Crippen LogP contribution >= 0.6 is 0 Å². The number of anilines is 2. The van der Waals surface area contributed by atoms with E-state index in [0.717, 1.165) is 12.0 Å². The molecule has 0 aliphatic carbocycles. The smallest absolute Gasteiger partial charge is 0.265 e. The second-order valence-corrected chi connectivity index (χ2v) is 7.16. The van der Waals surface area contributed by atoms with Crippen molar-refractivity contribution in [2.75, 3.05) is 23.4 Å². The maximum absolute atomic E-state index is 12.3. The monoisotopic (exact) mass is 378 g/mol. The first-order valence-corrected chi connectivity index (χ1v) is 9.64. The van der Waals surface area contributed by atoms with Crippen LogP contribution in [0.15, 0.2) is 48.5 Å². The number of nitrogens with one attached hydrogen (secondary N) is 1. The van der Waals surface area contributed by atoms with Gasteiger partial charge in [0.25, 0.3) is 5.91 Å². The number of hydrogen-bond acceptors (Lipinski definition) is 3. The van der Waals surface area contributed by atoms with Crippen molar-refractivity contribution in [2.45, 2.75) is 33.1 Å². The van der Waals surface area contributed by atoms with E-state index in [-0.39, 0.29) is 18.4 Å². The first kappa shape index (κ1) is 19.7. The van der Waals surface area contributed by atoms with Gasteiger partial charge in [0.2, 0.25) is 5.91 Å². The molecule has 0 fully saturated rings. The Balaban J connectivity index is 1.69. The van der Waals surface area contributed by atoms with Gasteiger partial charge >= 0.3 is 0 Å². The highest BCUT2D eigenvalue weighted by Gasteiger charge is 2.25. The van der Waals surface area contributed by atoms with Gasteiger partial charge in [-0.05, 0) is 47.7 Å². The summed E-state index contributed by atoms with van der Waals surface area (Å²) in [5.41, 5.74) is 3.56. The van der Waals surface area contributed by atoms with Crippen LogP contribution in [0.1, 0.15) is 44.2 Å². The van der Waals surface area contributed by atoms with Gasteiger partial charge in [-0.3, -0.25) is 9.59 Å². The van der Waals surface area contributed by atoms with Crippen LogP contribution in [0.2, 0.25) is 0 Å². The van der Waals surface area contributed by atoms with Gasteiger partial charge in [0.05, 0.1) is 5.69 Å². The Labute approximate surface area is 166 Å². The number of amides is 2. The van der Waals surface area contributed by atoms with Crippen molar-refractivity contribution in [3.05, 3.63) is 59.7 Å². The summed E-state index contributed by atoms with van der Waals surface area (Å²) >= 11 is 0. The molecular weight excluding hydrogens is 352 g/mol. The molecule has 0 bridgehead atoms. The molecule has 28 heavy (non-hydrogen) atoms. The Morgan fingerprint density at radius 1 is 1.21 bits per heavy atom. The molecule has 146 valence electrons. The van der Waals surface area contributed by atoms with Crippen LogP contribution in [0, 0.1) is 0 Å². The van der Waals surface area contributed by atoms with E-state index in [2.05, 4.69) is 31.3 Å². The number of carbonyl (C=O) groups excluding carboxylic acids is 2. The molecule has 0 unspecified atom stereocenters. The third-order valence-corrected chi connectivity index (χ3v) is 4.65. The van der Waals surface area contributed by atoms with Crippen LogP contribution < -0.4 is 15.0 Å². The Morgan fingerprint density at radius 2 is 1.96 bits per heavy atom. The van der Waals surface area contributed by atoms with Crippen LogP contribution in [-0.2, 0) is 9.59 Å². The van der Waals surface area contributed by atoms with Crippen molar-refractivity contribution >= 4 is 29.3 Å². The van der Waals surface area contributed by atoms with Gasteiger partial charge in [-0.2, -0.15) is 0 Å². The van der Waals surface area contributed by atoms with Crippen molar-refractivity contribution in [3.8, 4) is 5.75 Å². The first-order chi connectivity index (χ1) is 13.5. The molecule has 1 N–H and O–H groups in total. The summed E-state index contributed by atoms with van der Waals surface area (Å²) in [5.74, 6) is 0.848. The van der Waals surface area contributed by atoms with Gasteiger partial charge in [-0.1, -0.05) is 45.0 Å². The molecule has 2 aromatic rings. The maximum atomic E-state index is 12.3. The number of fused-ring (bicyclic) bond motifs is 1. The summed E-state index contributed by atoms with van der Waals surface area (Å²) in [7, 11) is 0. The molecule has 0 radical (unpaired) electrons. The number of rotatable bonds is 6. The van der Waals surface area contributed by atoms with Crippen molar-refractivity contribution in [2.24, 2.45) is 0 Å². The highest BCUT2D eigenvalue weighted by Crippen LogP contribution is 2.34. The Morgan fingerprint density at radius 3 is 2.64 bits per heavy atom. The number of hydrogen-bond donors (Lipinski definition) is 1. The third kappa shape index (κ3) is 4.60. The second kappa shape index (κ2) is 8.74. The molecular formula is C23H26N2O3. The van der Waals surface area contributed by atoms with E-state index < -0.39 is 0 Å². The van der Waals surface area contributed by atoms with E-state index in [1.165, 1.54) is 11.6 Å². The standard InChI is InChI=1S/C23H26N2O3/c1-4-13-25-20-14-19(10-11-21(20)28-15-23(25)27)24-22(26)12-7-17-5-8-18(9-6-17)16(2)3/h5-12,14,16H,4,13,15H2,1-3H3,(H,24,26)/b12-7+. The SMILES string of the molecule is CCCN1C(=O)COc2ccc(NC(=O)/C=C/c3ccc(C(C)C)cc3)cc21. The van der Waals surface area contributed by atoms with Gasteiger partial charge in [-0.15, -0.1) is 0 Å². The minimum absolute atomic E-state index is 0.0526. The van der Waals surface area contributed by atoms with E-state index in [1.807, 2.05) is 19.1 Å². The van der Waals surface area contributed by atoms with Crippen LogP contribution in [0.5, 0.6) is 5.75 Å². The number of benzene rings is 2. The summed E-state index contributed by atoms with van der Waals surface area (Å²) in [5, 5.41) is 2.85.